The second-order valence-electron chi connectivity index (χ2n) is 4.46. The van der Waals surface area contributed by atoms with Gasteiger partial charge in [0.25, 0.3) is 0 Å². The van der Waals surface area contributed by atoms with E-state index in [2.05, 4.69) is 0 Å². The number of hydrogen-bond donors (Lipinski definition) is 1. The minimum atomic E-state index is -0.489. The first kappa shape index (κ1) is 13.3. The van der Waals surface area contributed by atoms with Gasteiger partial charge in [0, 0.05) is 24.5 Å². The summed E-state index contributed by atoms with van der Waals surface area (Å²) in [7, 11) is 0. The molecule has 1 N–H and O–H groups in total. The first-order valence-corrected chi connectivity index (χ1v) is 6.16. The molecule has 1 unspecified atom stereocenters. The van der Waals surface area contributed by atoms with Gasteiger partial charge in [-0.3, -0.25) is 0 Å². The first-order chi connectivity index (χ1) is 9.13. The minimum absolute atomic E-state index is 0.328. The molecule has 1 aromatic carbocycles. The topological polar surface area (TPSA) is 49.0 Å². The summed E-state index contributed by atoms with van der Waals surface area (Å²) in [5.74, 6) is -0.328. The smallest absolute Gasteiger partial charge is 0.128 e. The number of hydrogen-bond acceptors (Lipinski definition) is 2. The molecule has 0 saturated carbocycles. The first-order valence-electron chi connectivity index (χ1n) is 6.16. The summed E-state index contributed by atoms with van der Waals surface area (Å²) >= 11 is 0. The zero-order valence-electron chi connectivity index (χ0n) is 10.7. The van der Waals surface area contributed by atoms with Crippen LogP contribution in [-0.4, -0.2) is 9.67 Å². The van der Waals surface area contributed by atoms with Crippen molar-refractivity contribution >= 4 is 0 Å². The summed E-state index contributed by atoms with van der Waals surface area (Å²) in [6.07, 6.45) is 3.75. The Morgan fingerprint density at radius 2 is 2.21 bits per heavy atom. The van der Waals surface area contributed by atoms with Gasteiger partial charge in [-0.1, -0.05) is 6.92 Å². The Hall–Kier alpha value is -2.12. The number of halogens is 1. The lowest BCUT2D eigenvalue weighted by molar-refractivity contribution is 0.173. The number of benzene rings is 1. The van der Waals surface area contributed by atoms with E-state index in [1.165, 1.54) is 12.1 Å². The van der Waals surface area contributed by atoms with Gasteiger partial charge >= 0.3 is 0 Å². The molecule has 2 aromatic rings. The van der Waals surface area contributed by atoms with Crippen molar-refractivity contribution < 1.29 is 9.50 Å². The molecule has 1 aromatic heterocycles. The van der Waals surface area contributed by atoms with Crippen LogP contribution >= 0.6 is 0 Å². The van der Waals surface area contributed by atoms with Crippen molar-refractivity contribution in [2.24, 2.45) is 0 Å². The van der Waals surface area contributed by atoms with E-state index in [1.54, 1.807) is 23.0 Å². The molecule has 0 radical (unpaired) electrons. The summed E-state index contributed by atoms with van der Waals surface area (Å²) in [6.45, 7) is 2.25. The fourth-order valence-electron chi connectivity index (χ4n) is 1.95. The number of nitriles is 1. The molecule has 1 atom stereocenters. The van der Waals surface area contributed by atoms with Gasteiger partial charge in [-0.25, -0.2) is 4.39 Å². The molecule has 0 spiro atoms. The van der Waals surface area contributed by atoms with Crippen LogP contribution in [0.3, 0.4) is 0 Å². The molecule has 4 heteroatoms. The molecule has 2 rings (SSSR count). The van der Waals surface area contributed by atoms with Crippen LogP contribution < -0.4 is 0 Å². The van der Waals surface area contributed by atoms with Gasteiger partial charge in [0.1, 0.15) is 5.82 Å². The zero-order valence-corrected chi connectivity index (χ0v) is 10.7. The average Bonchev–Trinajstić information content (AvgIpc) is 2.89. The predicted octanol–water partition coefficient (Wildman–Crippen LogP) is 2.99. The standard InChI is InChI=1S/C15H15FN2O/c1-2-15(19)12-5-6-18(9-12)10-13-7-11(8-17)3-4-14(13)16/h3-7,9,15,19H,2,10H2,1H3. The van der Waals surface area contributed by atoms with Crippen LogP contribution in [0.4, 0.5) is 4.39 Å². The Labute approximate surface area is 111 Å². The highest BCUT2D eigenvalue weighted by atomic mass is 19.1. The van der Waals surface area contributed by atoms with E-state index in [4.69, 9.17) is 5.26 Å². The third kappa shape index (κ3) is 3.01. The Balaban J connectivity index is 2.22. The van der Waals surface area contributed by atoms with Crippen LogP contribution in [0.2, 0.25) is 0 Å². The van der Waals surface area contributed by atoms with Gasteiger partial charge in [0.15, 0.2) is 0 Å². The fraction of sp³-hybridized carbons (Fsp3) is 0.267. The molecular weight excluding hydrogens is 243 g/mol. The van der Waals surface area contributed by atoms with Gasteiger partial charge in [-0.15, -0.1) is 0 Å². The normalized spacial score (nSPS) is 12.1. The second-order valence-corrected chi connectivity index (χ2v) is 4.46. The second kappa shape index (κ2) is 5.68. The van der Waals surface area contributed by atoms with Crippen LogP contribution in [0.15, 0.2) is 36.7 Å². The van der Waals surface area contributed by atoms with E-state index < -0.39 is 6.10 Å². The average molecular weight is 258 g/mol. The lowest BCUT2D eigenvalue weighted by Crippen LogP contribution is -2.00. The molecule has 0 fully saturated rings. The summed E-state index contributed by atoms with van der Waals surface area (Å²) in [6, 6.07) is 8.13. The van der Waals surface area contributed by atoms with Crippen LogP contribution in [0.5, 0.6) is 0 Å². The van der Waals surface area contributed by atoms with Crippen molar-refractivity contribution in [1.82, 2.24) is 4.57 Å². The maximum atomic E-state index is 13.7. The van der Waals surface area contributed by atoms with Crippen LogP contribution in [0, 0.1) is 17.1 Å². The van der Waals surface area contributed by atoms with Crippen molar-refractivity contribution in [2.75, 3.05) is 0 Å². The summed E-state index contributed by atoms with van der Waals surface area (Å²) in [4.78, 5) is 0. The van der Waals surface area contributed by atoms with Crippen molar-refractivity contribution in [1.29, 1.82) is 5.26 Å². The molecular formula is C15H15FN2O. The Morgan fingerprint density at radius 1 is 1.42 bits per heavy atom. The summed E-state index contributed by atoms with van der Waals surface area (Å²) in [5, 5.41) is 18.5. The molecule has 0 aliphatic heterocycles. The molecule has 98 valence electrons. The summed E-state index contributed by atoms with van der Waals surface area (Å²) < 4.78 is 15.5. The Morgan fingerprint density at radius 3 is 2.89 bits per heavy atom. The molecule has 0 bridgehead atoms. The van der Waals surface area contributed by atoms with Crippen molar-refractivity contribution in [3.05, 3.63) is 59.2 Å². The van der Waals surface area contributed by atoms with Crippen molar-refractivity contribution in [2.45, 2.75) is 26.0 Å². The van der Waals surface area contributed by atoms with Gasteiger partial charge in [0.2, 0.25) is 0 Å². The van der Waals surface area contributed by atoms with Gasteiger partial charge in [-0.2, -0.15) is 5.26 Å². The Kier molecular flexibility index (Phi) is 3.98. The van der Waals surface area contributed by atoms with E-state index in [0.717, 1.165) is 5.56 Å². The third-order valence-corrected chi connectivity index (χ3v) is 3.07. The van der Waals surface area contributed by atoms with Crippen LogP contribution in [0.25, 0.3) is 0 Å². The molecule has 0 aliphatic rings. The fourth-order valence-corrected chi connectivity index (χ4v) is 1.95. The lowest BCUT2D eigenvalue weighted by Gasteiger charge is -2.06. The molecule has 19 heavy (non-hydrogen) atoms. The van der Waals surface area contributed by atoms with E-state index >= 15 is 0 Å². The molecule has 3 nitrogen and oxygen atoms in total. The predicted molar refractivity (Wildman–Crippen MR) is 69.9 cm³/mol. The van der Waals surface area contributed by atoms with Gasteiger partial charge in [-0.05, 0) is 36.2 Å². The summed E-state index contributed by atoms with van der Waals surface area (Å²) in [5.41, 5.74) is 1.73. The Bertz CT molecular complexity index is 613. The lowest BCUT2D eigenvalue weighted by atomic mass is 10.1. The molecule has 0 amide bonds. The minimum Gasteiger partial charge on any atom is -0.388 e. The van der Waals surface area contributed by atoms with Crippen LogP contribution in [0.1, 0.15) is 36.1 Å². The molecule has 0 saturated heterocycles. The maximum absolute atomic E-state index is 13.7. The number of aromatic nitrogens is 1. The number of aliphatic hydroxyl groups is 1. The largest absolute Gasteiger partial charge is 0.388 e. The highest BCUT2D eigenvalue weighted by molar-refractivity contribution is 5.34. The third-order valence-electron chi connectivity index (χ3n) is 3.07. The highest BCUT2D eigenvalue weighted by Crippen LogP contribution is 2.18. The number of rotatable bonds is 4. The number of aliphatic hydroxyl groups excluding tert-OH is 1. The quantitative estimate of drug-likeness (QED) is 0.916. The van der Waals surface area contributed by atoms with E-state index in [9.17, 15) is 9.50 Å². The SMILES string of the molecule is CCC(O)c1ccn(Cc2cc(C#N)ccc2F)c1. The van der Waals surface area contributed by atoms with Crippen molar-refractivity contribution in [3.8, 4) is 6.07 Å². The maximum Gasteiger partial charge on any atom is 0.128 e. The highest BCUT2D eigenvalue weighted by Gasteiger charge is 2.08. The van der Waals surface area contributed by atoms with Gasteiger partial charge in [0.05, 0.1) is 17.7 Å². The van der Waals surface area contributed by atoms with E-state index in [1.807, 2.05) is 19.1 Å². The van der Waals surface area contributed by atoms with E-state index in [-0.39, 0.29) is 5.82 Å². The van der Waals surface area contributed by atoms with Gasteiger partial charge < -0.3 is 9.67 Å². The zero-order chi connectivity index (χ0) is 13.8. The van der Waals surface area contributed by atoms with E-state index in [0.29, 0.717) is 24.1 Å². The van der Waals surface area contributed by atoms with Crippen LogP contribution in [-0.2, 0) is 6.54 Å². The molecule has 1 heterocycles. The van der Waals surface area contributed by atoms with Crippen molar-refractivity contribution in [3.63, 3.8) is 0 Å². The number of nitrogens with zero attached hydrogens (tertiary/aromatic N) is 2. The molecule has 0 aliphatic carbocycles. The monoisotopic (exact) mass is 258 g/mol.